The highest BCUT2D eigenvalue weighted by Gasteiger charge is 2.19. The molecule has 0 aliphatic rings. The van der Waals surface area contributed by atoms with E-state index in [2.05, 4.69) is 23.9 Å². The number of aromatic nitrogens is 3. The predicted octanol–water partition coefficient (Wildman–Crippen LogP) is 2.17. The molecule has 2 heterocycles. The van der Waals surface area contributed by atoms with E-state index < -0.39 is 0 Å². The molecule has 0 aliphatic heterocycles. The topological polar surface area (TPSA) is 56.2 Å². The smallest absolute Gasteiger partial charge is 0.0892 e. The summed E-state index contributed by atoms with van der Waals surface area (Å²) in [5, 5.41) is 4.29. The average Bonchev–Trinajstić information content (AvgIpc) is 2.74. The van der Waals surface area contributed by atoms with Crippen molar-refractivity contribution in [1.29, 1.82) is 0 Å². The maximum absolute atomic E-state index is 6.29. The maximum atomic E-state index is 6.29. The molecule has 0 aliphatic carbocycles. The Hall–Kier alpha value is -1.42. The van der Waals surface area contributed by atoms with Gasteiger partial charge in [-0.25, -0.2) is 4.52 Å². The van der Waals surface area contributed by atoms with Crippen LogP contribution in [-0.2, 0) is 0 Å². The standard InChI is InChI=1S/C12H18N4/c1-3-9(4-2)12(13)10-7-15-16-6-5-14-8-11(10)16/h5-9,12H,3-4,13H2,1-2H3. The van der Waals surface area contributed by atoms with Crippen LogP contribution in [0.25, 0.3) is 5.52 Å². The van der Waals surface area contributed by atoms with E-state index in [0.29, 0.717) is 5.92 Å². The summed E-state index contributed by atoms with van der Waals surface area (Å²) in [6.07, 6.45) is 9.44. The van der Waals surface area contributed by atoms with Crippen molar-refractivity contribution in [3.05, 3.63) is 30.4 Å². The normalized spacial score (nSPS) is 13.5. The van der Waals surface area contributed by atoms with Crippen molar-refractivity contribution in [1.82, 2.24) is 14.6 Å². The highest BCUT2D eigenvalue weighted by atomic mass is 15.2. The summed E-state index contributed by atoms with van der Waals surface area (Å²) in [5.41, 5.74) is 8.40. The first-order valence-electron chi connectivity index (χ1n) is 5.80. The second kappa shape index (κ2) is 4.61. The van der Waals surface area contributed by atoms with Crippen LogP contribution in [0.15, 0.2) is 24.8 Å². The molecule has 86 valence electrons. The van der Waals surface area contributed by atoms with Crippen LogP contribution in [0.2, 0.25) is 0 Å². The molecule has 0 aromatic carbocycles. The summed E-state index contributed by atoms with van der Waals surface area (Å²) < 4.78 is 1.82. The van der Waals surface area contributed by atoms with Crippen LogP contribution in [0.4, 0.5) is 0 Å². The molecular weight excluding hydrogens is 200 g/mol. The fourth-order valence-corrected chi connectivity index (χ4v) is 2.16. The molecule has 2 aromatic rings. The average molecular weight is 218 g/mol. The van der Waals surface area contributed by atoms with Gasteiger partial charge >= 0.3 is 0 Å². The lowest BCUT2D eigenvalue weighted by Gasteiger charge is -2.20. The summed E-state index contributed by atoms with van der Waals surface area (Å²) in [5.74, 6) is 0.508. The zero-order chi connectivity index (χ0) is 11.5. The lowest BCUT2D eigenvalue weighted by Crippen LogP contribution is -2.20. The highest BCUT2D eigenvalue weighted by Crippen LogP contribution is 2.27. The quantitative estimate of drug-likeness (QED) is 0.855. The van der Waals surface area contributed by atoms with E-state index in [-0.39, 0.29) is 6.04 Å². The fourth-order valence-electron chi connectivity index (χ4n) is 2.16. The van der Waals surface area contributed by atoms with E-state index in [1.807, 2.05) is 23.1 Å². The number of nitrogens with two attached hydrogens (primary N) is 1. The molecule has 0 radical (unpaired) electrons. The van der Waals surface area contributed by atoms with Gasteiger partial charge in [0.2, 0.25) is 0 Å². The first-order valence-corrected chi connectivity index (χ1v) is 5.80. The van der Waals surface area contributed by atoms with Gasteiger partial charge in [-0.1, -0.05) is 26.7 Å². The van der Waals surface area contributed by atoms with E-state index in [1.54, 1.807) is 6.20 Å². The van der Waals surface area contributed by atoms with Crippen LogP contribution in [0.1, 0.15) is 38.3 Å². The monoisotopic (exact) mass is 218 g/mol. The molecule has 0 bridgehead atoms. The third-order valence-corrected chi connectivity index (χ3v) is 3.27. The Morgan fingerprint density at radius 1 is 1.31 bits per heavy atom. The fraction of sp³-hybridized carbons (Fsp3) is 0.500. The Morgan fingerprint density at radius 2 is 2.06 bits per heavy atom. The van der Waals surface area contributed by atoms with Gasteiger partial charge in [0.25, 0.3) is 0 Å². The zero-order valence-electron chi connectivity index (χ0n) is 9.80. The van der Waals surface area contributed by atoms with E-state index in [1.165, 1.54) is 0 Å². The van der Waals surface area contributed by atoms with Gasteiger partial charge in [-0.3, -0.25) is 4.98 Å². The van der Waals surface area contributed by atoms with E-state index in [0.717, 1.165) is 23.9 Å². The number of nitrogens with zero attached hydrogens (tertiary/aromatic N) is 3. The van der Waals surface area contributed by atoms with Crippen molar-refractivity contribution >= 4 is 5.52 Å². The van der Waals surface area contributed by atoms with Crippen LogP contribution < -0.4 is 5.73 Å². The van der Waals surface area contributed by atoms with Gasteiger partial charge < -0.3 is 5.73 Å². The van der Waals surface area contributed by atoms with Crippen LogP contribution in [0.3, 0.4) is 0 Å². The molecule has 2 N–H and O–H groups in total. The predicted molar refractivity (Wildman–Crippen MR) is 64.0 cm³/mol. The largest absolute Gasteiger partial charge is 0.324 e. The zero-order valence-corrected chi connectivity index (χ0v) is 9.80. The Morgan fingerprint density at radius 3 is 2.75 bits per heavy atom. The molecule has 1 unspecified atom stereocenters. The SMILES string of the molecule is CCC(CC)C(N)c1cnn2ccncc12. The molecule has 0 fully saturated rings. The van der Waals surface area contributed by atoms with Crippen molar-refractivity contribution in [3.63, 3.8) is 0 Å². The summed E-state index contributed by atoms with van der Waals surface area (Å²) in [7, 11) is 0. The molecule has 2 aromatic heterocycles. The molecule has 0 amide bonds. The summed E-state index contributed by atoms with van der Waals surface area (Å²) in [4.78, 5) is 4.12. The minimum absolute atomic E-state index is 0.0525. The van der Waals surface area contributed by atoms with Crippen molar-refractivity contribution in [2.24, 2.45) is 11.7 Å². The third kappa shape index (κ3) is 1.80. The Bertz CT molecular complexity index is 459. The number of hydrogen-bond donors (Lipinski definition) is 1. The van der Waals surface area contributed by atoms with Crippen molar-refractivity contribution in [2.45, 2.75) is 32.7 Å². The lowest BCUT2D eigenvalue weighted by molar-refractivity contribution is 0.407. The van der Waals surface area contributed by atoms with Crippen LogP contribution in [0.5, 0.6) is 0 Å². The number of rotatable bonds is 4. The molecule has 4 nitrogen and oxygen atoms in total. The lowest BCUT2D eigenvalue weighted by atomic mass is 9.90. The van der Waals surface area contributed by atoms with Gasteiger partial charge in [-0.15, -0.1) is 0 Å². The Kier molecular flexibility index (Phi) is 3.19. The summed E-state index contributed by atoms with van der Waals surface area (Å²) >= 11 is 0. The van der Waals surface area contributed by atoms with Crippen LogP contribution >= 0.6 is 0 Å². The van der Waals surface area contributed by atoms with E-state index >= 15 is 0 Å². The van der Waals surface area contributed by atoms with Gasteiger partial charge in [0.1, 0.15) is 0 Å². The third-order valence-electron chi connectivity index (χ3n) is 3.27. The van der Waals surface area contributed by atoms with Crippen molar-refractivity contribution in [3.8, 4) is 0 Å². The first kappa shape index (κ1) is 11.1. The van der Waals surface area contributed by atoms with Gasteiger partial charge in [0, 0.05) is 24.0 Å². The molecular formula is C12H18N4. The molecule has 16 heavy (non-hydrogen) atoms. The molecule has 4 heteroatoms. The van der Waals surface area contributed by atoms with Crippen LogP contribution in [-0.4, -0.2) is 14.6 Å². The molecule has 0 saturated heterocycles. The van der Waals surface area contributed by atoms with Gasteiger partial charge in [-0.05, 0) is 5.92 Å². The summed E-state index contributed by atoms with van der Waals surface area (Å²) in [6, 6.07) is 0.0525. The first-order chi connectivity index (χ1) is 7.77. The highest BCUT2D eigenvalue weighted by molar-refractivity contribution is 5.53. The molecule has 0 spiro atoms. The van der Waals surface area contributed by atoms with E-state index in [4.69, 9.17) is 5.73 Å². The Balaban J connectivity index is 2.39. The Labute approximate surface area is 95.5 Å². The molecule has 0 saturated carbocycles. The minimum Gasteiger partial charge on any atom is -0.324 e. The maximum Gasteiger partial charge on any atom is 0.0892 e. The van der Waals surface area contributed by atoms with E-state index in [9.17, 15) is 0 Å². The van der Waals surface area contributed by atoms with Gasteiger partial charge in [0.05, 0.1) is 17.9 Å². The molecule has 1 atom stereocenters. The van der Waals surface area contributed by atoms with Crippen molar-refractivity contribution < 1.29 is 0 Å². The van der Waals surface area contributed by atoms with Gasteiger partial charge in [0.15, 0.2) is 0 Å². The number of hydrogen-bond acceptors (Lipinski definition) is 3. The minimum atomic E-state index is 0.0525. The van der Waals surface area contributed by atoms with Gasteiger partial charge in [-0.2, -0.15) is 5.10 Å². The van der Waals surface area contributed by atoms with Crippen LogP contribution in [0, 0.1) is 5.92 Å². The second-order valence-electron chi connectivity index (χ2n) is 4.11. The number of fused-ring (bicyclic) bond motifs is 1. The molecule has 2 rings (SSSR count). The van der Waals surface area contributed by atoms with Crippen molar-refractivity contribution in [2.75, 3.05) is 0 Å². The summed E-state index contributed by atoms with van der Waals surface area (Å²) in [6.45, 7) is 4.36. The second-order valence-corrected chi connectivity index (χ2v) is 4.11.